The van der Waals surface area contributed by atoms with Gasteiger partial charge in [-0.2, -0.15) is 0 Å². The molecule has 4 nitrogen and oxygen atoms in total. The molecular formula is C16H21N3O. The Kier molecular flexibility index (Phi) is 4.93. The quantitative estimate of drug-likeness (QED) is 0.875. The Labute approximate surface area is 120 Å². The van der Waals surface area contributed by atoms with Gasteiger partial charge in [0.05, 0.1) is 0 Å². The van der Waals surface area contributed by atoms with E-state index < -0.39 is 0 Å². The third-order valence-corrected chi connectivity index (χ3v) is 2.76. The highest BCUT2D eigenvalue weighted by atomic mass is 16.5. The number of nitrogens with zero attached hydrogens (tertiary/aromatic N) is 2. The summed E-state index contributed by atoms with van der Waals surface area (Å²) in [5, 5.41) is 3.38. The van der Waals surface area contributed by atoms with Gasteiger partial charge in [0.25, 0.3) is 0 Å². The molecule has 0 fully saturated rings. The molecule has 0 spiro atoms. The van der Waals surface area contributed by atoms with Crippen molar-refractivity contribution < 1.29 is 4.74 Å². The van der Waals surface area contributed by atoms with Crippen LogP contribution in [0.3, 0.4) is 0 Å². The van der Waals surface area contributed by atoms with Crippen LogP contribution < -0.4 is 10.1 Å². The molecule has 0 saturated heterocycles. The van der Waals surface area contributed by atoms with E-state index in [1.807, 2.05) is 31.3 Å². The number of anilines is 1. The maximum absolute atomic E-state index is 5.84. The molecule has 1 unspecified atom stereocenters. The zero-order valence-electron chi connectivity index (χ0n) is 12.2. The van der Waals surface area contributed by atoms with E-state index in [2.05, 4.69) is 35.2 Å². The molecule has 0 bridgehead atoms. The number of hydrogen-bond donors (Lipinski definition) is 1. The molecule has 0 aliphatic heterocycles. The first kappa shape index (κ1) is 14.3. The lowest BCUT2D eigenvalue weighted by atomic mass is 10.2. The zero-order valence-corrected chi connectivity index (χ0v) is 12.2. The van der Waals surface area contributed by atoms with Gasteiger partial charge in [-0.05, 0) is 45.0 Å². The van der Waals surface area contributed by atoms with Crippen LogP contribution in [0.5, 0.6) is 5.75 Å². The van der Waals surface area contributed by atoms with Crippen LogP contribution in [0.2, 0.25) is 0 Å². The van der Waals surface area contributed by atoms with E-state index in [-0.39, 0.29) is 6.10 Å². The Bertz CT molecular complexity index is 528. The van der Waals surface area contributed by atoms with Crippen molar-refractivity contribution in [2.24, 2.45) is 0 Å². The predicted molar refractivity (Wildman–Crippen MR) is 81.0 cm³/mol. The molecule has 2 aromatic heterocycles. The van der Waals surface area contributed by atoms with Crippen molar-refractivity contribution in [3.63, 3.8) is 0 Å². The molecule has 2 aromatic rings. The number of rotatable bonds is 6. The Hall–Kier alpha value is -2.10. The average Bonchev–Trinajstić information content (AvgIpc) is 2.39. The van der Waals surface area contributed by atoms with Gasteiger partial charge in [0.2, 0.25) is 0 Å². The predicted octanol–water partition coefficient (Wildman–Crippen LogP) is 3.31. The number of hydrogen-bond acceptors (Lipinski definition) is 4. The lowest BCUT2D eigenvalue weighted by Crippen LogP contribution is -2.16. The molecule has 2 heterocycles. The summed E-state index contributed by atoms with van der Waals surface area (Å²) in [7, 11) is 0. The van der Waals surface area contributed by atoms with Gasteiger partial charge in [-0.15, -0.1) is 0 Å². The first-order valence-corrected chi connectivity index (χ1v) is 6.91. The zero-order chi connectivity index (χ0) is 14.4. The van der Waals surface area contributed by atoms with Gasteiger partial charge in [0.15, 0.2) is 0 Å². The summed E-state index contributed by atoms with van der Waals surface area (Å²) in [4.78, 5) is 8.37. The maximum atomic E-state index is 5.84. The first-order valence-electron chi connectivity index (χ1n) is 6.91. The number of aromatic nitrogens is 2. The third kappa shape index (κ3) is 4.53. The van der Waals surface area contributed by atoms with Gasteiger partial charge >= 0.3 is 0 Å². The third-order valence-electron chi connectivity index (χ3n) is 2.76. The molecule has 0 amide bonds. The lowest BCUT2D eigenvalue weighted by molar-refractivity contribution is 0.220. The van der Waals surface area contributed by atoms with Gasteiger partial charge in [-0.1, -0.05) is 0 Å². The molecule has 106 valence electrons. The topological polar surface area (TPSA) is 47.0 Å². The summed E-state index contributed by atoms with van der Waals surface area (Å²) in [5.74, 6) is 0.837. The normalized spacial score (nSPS) is 12.2. The Morgan fingerprint density at radius 3 is 2.55 bits per heavy atom. The van der Waals surface area contributed by atoms with E-state index >= 15 is 0 Å². The molecular weight excluding hydrogens is 250 g/mol. The van der Waals surface area contributed by atoms with Crippen molar-refractivity contribution >= 4 is 5.69 Å². The van der Waals surface area contributed by atoms with Crippen molar-refractivity contribution in [2.45, 2.75) is 39.3 Å². The van der Waals surface area contributed by atoms with Crippen LogP contribution in [0.25, 0.3) is 0 Å². The second kappa shape index (κ2) is 6.89. The fraction of sp³-hybridized carbons (Fsp3) is 0.375. The average molecular weight is 271 g/mol. The Morgan fingerprint density at radius 1 is 1.10 bits per heavy atom. The van der Waals surface area contributed by atoms with Gasteiger partial charge < -0.3 is 10.1 Å². The summed E-state index contributed by atoms with van der Waals surface area (Å²) in [6.07, 6.45) is 6.13. The summed E-state index contributed by atoms with van der Waals surface area (Å²) >= 11 is 0. The highest BCUT2D eigenvalue weighted by Crippen LogP contribution is 2.14. The van der Waals surface area contributed by atoms with Gasteiger partial charge in [0.1, 0.15) is 11.9 Å². The molecule has 2 rings (SSSR count). The Morgan fingerprint density at radius 2 is 1.85 bits per heavy atom. The van der Waals surface area contributed by atoms with Crippen LogP contribution >= 0.6 is 0 Å². The van der Waals surface area contributed by atoms with Crippen LogP contribution in [0.4, 0.5) is 5.69 Å². The van der Waals surface area contributed by atoms with Crippen molar-refractivity contribution in [3.8, 4) is 5.75 Å². The molecule has 20 heavy (non-hydrogen) atoms. The molecule has 0 saturated carbocycles. The molecule has 0 aromatic carbocycles. The number of nitrogens with one attached hydrogen (secondary N) is 1. The molecule has 0 aliphatic carbocycles. The Balaban J connectivity index is 1.95. The van der Waals surface area contributed by atoms with Crippen molar-refractivity contribution in [2.75, 3.05) is 5.32 Å². The monoisotopic (exact) mass is 271 g/mol. The summed E-state index contributed by atoms with van der Waals surface area (Å²) < 4.78 is 5.84. The van der Waals surface area contributed by atoms with Crippen LogP contribution in [0.1, 0.15) is 26.5 Å². The highest BCUT2D eigenvalue weighted by Gasteiger charge is 2.07. The largest absolute Gasteiger partial charge is 0.490 e. The molecule has 1 atom stereocenters. The van der Waals surface area contributed by atoms with Crippen LogP contribution in [0, 0.1) is 0 Å². The van der Waals surface area contributed by atoms with Crippen LogP contribution in [-0.2, 0) is 6.42 Å². The fourth-order valence-corrected chi connectivity index (χ4v) is 2.00. The fourth-order valence-electron chi connectivity index (χ4n) is 2.00. The standard InChI is InChI=1S/C16H21N3O/c1-12(2)19-14-4-9-18-15(11-14)10-13(3)20-16-5-7-17-8-6-16/h4-9,11-13H,10H2,1-3H3,(H,18,19). The van der Waals surface area contributed by atoms with Crippen molar-refractivity contribution in [1.29, 1.82) is 0 Å². The van der Waals surface area contributed by atoms with Gasteiger partial charge in [-0.25, -0.2) is 0 Å². The molecule has 0 radical (unpaired) electrons. The second-order valence-electron chi connectivity index (χ2n) is 5.15. The molecule has 0 aliphatic rings. The maximum Gasteiger partial charge on any atom is 0.122 e. The SMILES string of the molecule is CC(C)Nc1ccnc(CC(C)Oc2ccncc2)c1. The molecule has 1 N–H and O–H groups in total. The number of ether oxygens (including phenoxy) is 1. The van der Waals surface area contributed by atoms with Gasteiger partial charge in [-0.3, -0.25) is 9.97 Å². The smallest absolute Gasteiger partial charge is 0.122 e. The summed E-state index contributed by atoms with van der Waals surface area (Å²) in [5.41, 5.74) is 2.12. The highest BCUT2D eigenvalue weighted by molar-refractivity contribution is 5.43. The van der Waals surface area contributed by atoms with Crippen molar-refractivity contribution in [1.82, 2.24) is 9.97 Å². The van der Waals surface area contributed by atoms with E-state index in [9.17, 15) is 0 Å². The second-order valence-corrected chi connectivity index (χ2v) is 5.15. The minimum atomic E-state index is 0.0687. The van der Waals surface area contributed by atoms with Crippen molar-refractivity contribution in [3.05, 3.63) is 48.5 Å². The van der Waals surface area contributed by atoms with E-state index in [0.717, 1.165) is 23.6 Å². The minimum Gasteiger partial charge on any atom is -0.490 e. The van der Waals surface area contributed by atoms with E-state index in [0.29, 0.717) is 6.04 Å². The lowest BCUT2D eigenvalue weighted by Gasteiger charge is -2.15. The van der Waals surface area contributed by atoms with E-state index in [1.165, 1.54) is 0 Å². The number of pyridine rings is 2. The first-order chi connectivity index (χ1) is 9.63. The van der Waals surface area contributed by atoms with E-state index in [4.69, 9.17) is 4.74 Å². The van der Waals surface area contributed by atoms with Crippen LogP contribution in [0.15, 0.2) is 42.9 Å². The molecule has 4 heteroatoms. The van der Waals surface area contributed by atoms with Crippen LogP contribution in [-0.4, -0.2) is 22.1 Å². The van der Waals surface area contributed by atoms with Gasteiger partial charge in [0, 0.05) is 42.4 Å². The van der Waals surface area contributed by atoms with E-state index in [1.54, 1.807) is 12.4 Å². The summed E-state index contributed by atoms with van der Waals surface area (Å²) in [6, 6.07) is 8.20. The summed E-state index contributed by atoms with van der Waals surface area (Å²) in [6.45, 7) is 6.29. The minimum absolute atomic E-state index is 0.0687.